The quantitative estimate of drug-likeness (QED) is 0.890. The zero-order chi connectivity index (χ0) is 14.2. The third-order valence-electron chi connectivity index (χ3n) is 3.39. The highest BCUT2D eigenvalue weighted by Crippen LogP contribution is 2.26. The van der Waals surface area contributed by atoms with Crippen molar-refractivity contribution in [3.8, 4) is 0 Å². The van der Waals surface area contributed by atoms with Gasteiger partial charge in [0.1, 0.15) is 17.2 Å². The number of carbonyl (C=O) groups excluding carboxylic acids is 1. The third-order valence-corrected chi connectivity index (χ3v) is 3.39. The second-order valence-electron chi connectivity index (χ2n) is 4.73. The van der Waals surface area contributed by atoms with Gasteiger partial charge in [0.05, 0.1) is 5.92 Å². The van der Waals surface area contributed by atoms with E-state index in [0.29, 0.717) is 0 Å². The highest BCUT2D eigenvalue weighted by molar-refractivity contribution is 5.95. The van der Waals surface area contributed by atoms with E-state index < -0.39 is 35.0 Å². The molecule has 1 aromatic rings. The monoisotopic (exact) mass is 269 g/mol. The highest BCUT2D eigenvalue weighted by Gasteiger charge is 2.38. The topological polar surface area (TPSA) is 57.6 Å². The Morgan fingerprint density at radius 2 is 1.84 bits per heavy atom. The van der Waals surface area contributed by atoms with Gasteiger partial charge in [-0.05, 0) is 18.1 Å². The Balaban J connectivity index is 2.25. The third kappa shape index (κ3) is 2.43. The number of benzene rings is 1. The van der Waals surface area contributed by atoms with E-state index >= 15 is 0 Å². The van der Waals surface area contributed by atoms with Gasteiger partial charge >= 0.3 is 5.97 Å². The fourth-order valence-electron chi connectivity index (χ4n) is 2.31. The van der Waals surface area contributed by atoms with Gasteiger partial charge in [-0.2, -0.15) is 0 Å². The van der Waals surface area contributed by atoms with E-state index in [1.165, 1.54) is 11.0 Å². The van der Waals surface area contributed by atoms with Gasteiger partial charge in [-0.25, -0.2) is 8.78 Å². The summed E-state index contributed by atoms with van der Waals surface area (Å²) in [6.45, 7) is 1.86. The smallest absolute Gasteiger partial charge is 0.308 e. The molecule has 1 aromatic carbocycles. The van der Waals surface area contributed by atoms with E-state index in [1.54, 1.807) is 6.92 Å². The summed E-state index contributed by atoms with van der Waals surface area (Å²) in [5, 5.41) is 8.98. The van der Waals surface area contributed by atoms with Crippen molar-refractivity contribution < 1.29 is 23.5 Å². The average Bonchev–Trinajstić information content (AvgIpc) is 2.71. The summed E-state index contributed by atoms with van der Waals surface area (Å²) in [7, 11) is 0. The number of halogens is 2. The van der Waals surface area contributed by atoms with Crippen molar-refractivity contribution in [3.05, 3.63) is 35.4 Å². The Morgan fingerprint density at radius 1 is 1.26 bits per heavy atom. The van der Waals surface area contributed by atoms with E-state index in [4.69, 9.17) is 5.11 Å². The first-order valence-electron chi connectivity index (χ1n) is 5.88. The van der Waals surface area contributed by atoms with Gasteiger partial charge in [0.25, 0.3) is 5.91 Å². The lowest BCUT2D eigenvalue weighted by atomic mass is 9.99. The molecule has 0 unspecified atom stereocenters. The van der Waals surface area contributed by atoms with E-state index in [0.717, 1.165) is 12.1 Å². The van der Waals surface area contributed by atoms with Gasteiger partial charge < -0.3 is 10.0 Å². The molecule has 1 fully saturated rings. The van der Waals surface area contributed by atoms with Crippen LogP contribution in [0.1, 0.15) is 17.3 Å². The number of amides is 1. The van der Waals surface area contributed by atoms with Gasteiger partial charge in [0.2, 0.25) is 0 Å². The first-order valence-corrected chi connectivity index (χ1v) is 5.88. The number of hydrogen-bond donors (Lipinski definition) is 1. The largest absolute Gasteiger partial charge is 0.481 e. The summed E-state index contributed by atoms with van der Waals surface area (Å²) in [4.78, 5) is 24.2. The maximum atomic E-state index is 13.5. The Morgan fingerprint density at radius 3 is 2.32 bits per heavy atom. The van der Waals surface area contributed by atoms with Gasteiger partial charge in [0.15, 0.2) is 0 Å². The molecule has 0 aliphatic carbocycles. The highest BCUT2D eigenvalue weighted by atomic mass is 19.1. The number of carboxylic acids is 1. The van der Waals surface area contributed by atoms with Gasteiger partial charge in [-0.3, -0.25) is 9.59 Å². The zero-order valence-corrected chi connectivity index (χ0v) is 10.3. The molecule has 102 valence electrons. The number of hydrogen-bond acceptors (Lipinski definition) is 2. The summed E-state index contributed by atoms with van der Waals surface area (Å²) in [6, 6.07) is 3.18. The first kappa shape index (κ1) is 13.5. The molecular formula is C13H13F2NO3. The minimum absolute atomic E-state index is 0.0247. The second kappa shape index (κ2) is 4.95. The molecule has 1 saturated heterocycles. The molecule has 0 radical (unpaired) electrons. The van der Waals surface area contributed by atoms with Crippen molar-refractivity contribution >= 4 is 11.9 Å². The normalized spacial score (nSPS) is 22.6. The molecule has 2 atom stereocenters. The molecule has 2 rings (SSSR count). The molecule has 0 saturated carbocycles. The number of rotatable bonds is 2. The van der Waals surface area contributed by atoms with Crippen LogP contribution in [0.3, 0.4) is 0 Å². The molecular weight excluding hydrogens is 256 g/mol. The van der Waals surface area contributed by atoms with Crippen LogP contribution < -0.4 is 0 Å². The molecule has 1 amide bonds. The summed E-state index contributed by atoms with van der Waals surface area (Å²) >= 11 is 0. The van der Waals surface area contributed by atoms with Crippen LogP contribution in [0.2, 0.25) is 0 Å². The SMILES string of the molecule is C[C@@H]1CN(C(=O)c2c(F)cccc2F)C[C@H]1C(=O)O. The lowest BCUT2D eigenvalue weighted by Crippen LogP contribution is -2.31. The van der Waals surface area contributed by atoms with E-state index in [1.807, 2.05) is 0 Å². The molecule has 0 spiro atoms. The summed E-state index contributed by atoms with van der Waals surface area (Å²) < 4.78 is 27.0. The van der Waals surface area contributed by atoms with Crippen LogP contribution in [0.5, 0.6) is 0 Å². The predicted octanol–water partition coefficient (Wildman–Crippen LogP) is 1.76. The minimum atomic E-state index is -1.00. The van der Waals surface area contributed by atoms with E-state index in [2.05, 4.69) is 0 Å². The van der Waals surface area contributed by atoms with Gasteiger partial charge in [0, 0.05) is 13.1 Å². The molecule has 4 nitrogen and oxygen atoms in total. The number of likely N-dealkylation sites (tertiary alicyclic amines) is 1. The first-order chi connectivity index (χ1) is 8.91. The summed E-state index contributed by atoms with van der Waals surface area (Å²) in [5.74, 6) is -4.61. The lowest BCUT2D eigenvalue weighted by molar-refractivity contribution is -0.142. The average molecular weight is 269 g/mol. The maximum Gasteiger partial charge on any atom is 0.308 e. The van der Waals surface area contributed by atoms with Crippen LogP contribution in [0.25, 0.3) is 0 Å². The Hall–Kier alpha value is -1.98. The second-order valence-corrected chi connectivity index (χ2v) is 4.73. The molecule has 1 aliphatic heterocycles. The van der Waals surface area contributed by atoms with Crippen molar-refractivity contribution in [1.29, 1.82) is 0 Å². The molecule has 6 heteroatoms. The molecule has 1 N–H and O–H groups in total. The fraction of sp³-hybridized carbons (Fsp3) is 0.385. The molecule has 0 aromatic heterocycles. The van der Waals surface area contributed by atoms with Crippen LogP contribution in [0.15, 0.2) is 18.2 Å². The maximum absolute atomic E-state index is 13.5. The Labute approximate surface area is 108 Å². The lowest BCUT2D eigenvalue weighted by Gasteiger charge is -2.16. The minimum Gasteiger partial charge on any atom is -0.481 e. The number of carboxylic acid groups (broad SMARTS) is 1. The van der Waals surface area contributed by atoms with E-state index in [-0.39, 0.29) is 19.0 Å². The zero-order valence-electron chi connectivity index (χ0n) is 10.3. The summed E-state index contributed by atoms with van der Waals surface area (Å²) in [6.07, 6.45) is 0. The number of carbonyl (C=O) groups is 2. The number of aliphatic carboxylic acids is 1. The van der Waals surface area contributed by atoms with Crippen LogP contribution in [-0.4, -0.2) is 35.0 Å². The molecule has 0 bridgehead atoms. The van der Waals surface area contributed by atoms with Crippen molar-refractivity contribution in [2.45, 2.75) is 6.92 Å². The van der Waals surface area contributed by atoms with Crippen LogP contribution >= 0.6 is 0 Å². The Bertz CT molecular complexity index is 512. The van der Waals surface area contributed by atoms with Crippen LogP contribution in [-0.2, 0) is 4.79 Å². The number of nitrogens with zero attached hydrogens (tertiary/aromatic N) is 1. The van der Waals surface area contributed by atoms with Crippen LogP contribution in [0.4, 0.5) is 8.78 Å². The molecule has 1 heterocycles. The summed E-state index contributed by atoms with van der Waals surface area (Å²) in [5.41, 5.74) is -0.624. The fourth-order valence-corrected chi connectivity index (χ4v) is 2.31. The van der Waals surface area contributed by atoms with Crippen LogP contribution in [0, 0.1) is 23.5 Å². The van der Waals surface area contributed by atoms with Crippen molar-refractivity contribution in [1.82, 2.24) is 4.90 Å². The van der Waals surface area contributed by atoms with Crippen molar-refractivity contribution in [2.24, 2.45) is 11.8 Å². The predicted molar refractivity (Wildman–Crippen MR) is 62.6 cm³/mol. The van der Waals surface area contributed by atoms with Gasteiger partial charge in [-0.1, -0.05) is 13.0 Å². The molecule has 19 heavy (non-hydrogen) atoms. The standard InChI is InChI=1S/C13H13F2NO3/c1-7-5-16(6-8(7)13(18)19)12(17)11-9(14)3-2-4-10(11)15/h2-4,7-8H,5-6H2,1H3,(H,18,19)/t7-,8-/m1/s1. The van der Waals surface area contributed by atoms with Gasteiger partial charge in [-0.15, -0.1) is 0 Å². The van der Waals surface area contributed by atoms with Crippen molar-refractivity contribution in [3.63, 3.8) is 0 Å². The van der Waals surface area contributed by atoms with E-state index in [9.17, 15) is 18.4 Å². The Kier molecular flexibility index (Phi) is 3.50. The molecule has 1 aliphatic rings. The van der Waals surface area contributed by atoms with Crippen molar-refractivity contribution in [2.75, 3.05) is 13.1 Å².